The third-order valence-corrected chi connectivity index (χ3v) is 1.03. The maximum absolute atomic E-state index is 8.54. The van der Waals surface area contributed by atoms with Gasteiger partial charge in [0.25, 0.3) is 0 Å². The number of benzene rings is 1. The molecule has 0 aliphatic rings. The Hall–Kier alpha value is 0.01000. The molecule has 14 heavy (non-hydrogen) atoms. The van der Waals surface area contributed by atoms with Crippen LogP contribution in [-0.4, -0.2) is 21.6 Å². The van der Waals surface area contributed by atoms with E-state index in [9.17, 15) is 0 Å². The van der Waals surface area contributed by atoms with Gasteiger partial charge in [0.2, 0.25) is 0 Å². The molecule has 0 amide bonds. The van der Waals surface area contributed by atoms with E-state index >= 15 is 0 Å². The van der Waals surface area contributed by atoms with Gasteiger partial charge in [-0.25, -0.2) is 0 Å². The summed E-state index contributed by atoms with van der Waals surface area (Å²) in [6.45, 7) is 0.140. The van der Waals surface area contributed by atoms with Crippen molar-refractivity contribution in [1.29, 1.82) is 0 Å². The van der Waals surface area contributed by atoms with E-state index in [1.165, 1.54) is 0 Å². The number of aliphatic hydroxyl groups is 2. The fraction of sp³-hybridized carbons (Fsp3) is 0.333. The summed E-state index contributed by atoms with van der Waals surface area (Å²) in [6.07, 6.45) is 0. The van der Waals surface area contributed by atoms with E-state index in [2.05, 4.69) is 0 Å². The number of halogens is 3. The number of alkyl halides is 3. The molecular formula is C9H13Cl3O2. The average molecular weight is 260 g/mol. The van der Waals surface area contributed by atoms with Gasteiger partial charge in [-0.05, 0) is 5.56 Å². The van der Waals surface area contributed by atoms with Crippen molar-refractivity contribution in [2.45, 2.75) is 10.9 Å². The summed E-state index contributed by atoms with van der Waals surface area (Å²) in [7, 11) is 1.00. The molecule has 0 aromatic heterocycles. The molecule has 0 atom stereocenters. The zero-order valence-electron chi connectivity index (χ0n) is 7.70. The fourth-order valence-corrected chi connectivity index (χ4v) is 0.583. The third kappa shape index (κ3) is 14.5. The summed E-state index contributed by atoms with van der Waals surface area (Å²) in [5.74, 6) is 0. The van der Waals surface area contributed by atoms with Gasteiger partial charge >= 0.3 is 0 Å². The average Bonchev–Trinajstić information content (AvgIpc) is 2.21. The summed E-state index contributed by atoms with van der Waals surface area (Å²) in [5.41, 5.74) is 0.965. The van der Waals surface area contributed by atoms with Gasteiger partial charge in [-0.3, -0.25) is 0 Å². The Bertz CT molecular complexity index is 190. The molecule has 1 aromatic rings. The Kier molecular flexibility index (Phi) is 15.3. The monoisotopic (exact) mass is 258 g/mol. The summed E-state index contributed by atoms with van der Waals surface area (Å²) < 4.78 is -0.750. The molecular weight excluding hydrogens is 246 g/mol. The minimum Gasteiger partial charge on any atom is -0.400 e. The number of hydrogen-bond acceptors (Lipinski definition) is 2. The first-order valence-corrected chi connectivity index (χ1v) is 4.99. The highest BCUT2D eigenvalue weighted by Crippen LogP contribution is 2.03. The summed E-state index contributed by atoms with van der Waals surface area (Å²) >= 11 is 14.4. The van der Waals surface area contributed by atoms with Crippen LogP contribution in [0.1, 0.15) is 5.56 Å². The molecule has 0 bridgehead atoms. The van der Waals surface area contributed by atoms with Crippen LogP contribution >= 0.6 is 34.8 Å². The first-order chi connectivity index (χ1) is 6.66. The molecule has 5 heteroatoms. The van der Waals surface area contributed by atoms with Gasteiger partial charge in [0.1, 0.15) is 0 Å². The van der Waals surface area contributed by atoms with Gasteiger partial charge in [-0.2, -0.15) is 0 Å². The second-order valence-corrected chi connectivity index (χ2v) is 3.87. The Morgan fingerprint density at radius 3 is 1.64 bits per heavy atom. The molecule has 2 nitrogen and oxygen atoms in total. The van der Waals surface area contributed by atoms with E-state index in [4.69, 9.17) is 45.0 Å². The lowest BCUT2D eigenvalue weighted by Crippen LogP contribution is -1.77. The van der Waals surface area contributed by atoms with Gasteiger partial charge in [0, 0.05) is 7.11 Å². The highest BCUT2D eigenvalue weighted by atomic mass is 35.6. The molecule has 0 heterocycles. The SMILES string of the molecule is CO.ClC(Cl)Cl.OCc1ccccc1. The number of aliphatic hydroxyl groups excluding tert-OH is 2. The molecule has 2 N–H and O–H groups in total. The molecule has 0 aliphatic heterocycles. The normalized spacial score (nSPS) is 8.21. The largest absolute Gasteiger partial charge is 0.400 e. The molecule has 0 spiro atoms. The van der Waals surface area contributed by atoms with Crippen LogP contribution in [0.4, 0.5) is 0 Å². The number of hydrogen-bond donors (Lipinski definition) is 2. The van der Waals surface area contributed by atoms with Crippen LogP contribution in [0.3, 0.4) is 0 Å². The zero-order valence-corrected chi connectivity index (χ0v) is 9.97. The van der Waals surface area contributed by atoms with E-state index < -0.39 is 4.30 Å². The minimum absolute atomic E-state index is 0.140. The first-order valence-electron chi connectivity index (χ1n) is 3.68. The molecule has 1 aromatic carbocycles. The van der Waals surface area contributed by atoms with Gasteiger partial charge in [-0.15, -0.1) is 0 Å². The van der Waals surface area contributed by atoms with Crippen LogP contribution in [0.25, 0.3) is 0 Å². The van der Waals surface area contributed by atoms with E-state index in [1.807, 2.05) is 30.3 Å². The Morgan fingerprint density at radius 2 is 1.43 bits per heavy atom. The molecule has 1 rings (SSSR count). The molecule has 0 unspecified atom stereocenters. The summed E-state index contributed by atoms with van der Waals surface area (Å²) in [5, 5.41) is 15.5. The molecule has 0 radical (unpaired) electrons. The van der Waals surface area contributed by atoms with Gasteiger partial charge < -0.3 is 10.2 Å². The van der Waals surface area contributed by atoms with Crippen molar-refractivity contribution in [3.8, 4) is 0 Å². The van der Waals surface area contributed by atoms with Crippen molar-refractivity contribution in [2.75, 3.05) is 7.11 Å². The highest BCUT2D eigenvalue weighted by Gasteiger charge is 1.81. The topological polar surface area (TPSA) is 40.5 Å². The predicted octanol–water partition coefficient (Wildman–Crippen LogP) is 2.77. The second kappa shape index (κ2) is 13.0. The quantitative estimate of drug-likeness (QED) is 0.762. The molecule has 0 aliphatic carbocycles. The standard InChI is InChI=1S/C7H8O.CHCl3.CH4O/c8-6-7-4-2-1-3-5-7;2-1(3)4;1-2/h1-5,8H,6H2;1H;2H,1H3. The maximum atomic E-state index is 8.54. The van der Waals surface area contributed by atoms with Crippen molar-refractivity contribution in [3.05, 3.63) is 35.9 Å². The van der Waals surface area contributed by atoms with E-state index in [1.54, 1.807) is 0 Å². The van der Waals surface area contributed by atoms with Crippen LogP contribution in [0, 0.1) is 0 Å². The van der Waals surface area contributed by atoms with Crippen molar-refractivity contribution in [2.24, 2.45) is 0 Å². The second-order valence-electron chi connectivity index (χ2n) is 1.89. The van der Waals surface area contributed by atoms with Crippen LogP contribution in [0.5, 0.6) is 0 Å². The molecule has 0 saturated heterocycles. The van der Waals surface area contributed by atoms with Crippen molar-refractivity contribution < 1.29 is 10.2 Å². The van der Waals surface area contributed by atoms with Crippen molar-refractivity contribution in [1.82, 2.24) is 0 Å². The molecule has 0 fully saturated rings. The molecule has 0 saturated carbocycles. The van der Waals surface area contributed by atoms with Crippen LogP contribution in [-0.2, 0) is 6.61 Å². The Labute approximate surface area is 99.0 Å². The van der Waals surface area contributed by atoms with E-state index in [0.29, 0.717) is 0 Å². The van der Waals surface area contributed by atoms with Gasteiger partial charge in [0.15, 0.2) is 4.30 Å². The van der Waals surface area contributed by atoms with Crippen LogP contribution < -0.4 is 0 Å². The predicted molar refractivity (Wildman–Crippen MR) is 61.9 cm³/mol. The lowest BCUT2D eigenvalue weighted by Gasteiger charge is -1.89. The third-order valence-electron chi connectivity index (χ3n) is 1.03. The Balaban J connectivity index is 0. The molecule has 82 valence electrons. The van der Waals surface area contributed by atoms with Crippen LogP contribution in [0.15, 0.2) is 30.3 Å². The first kappa shape index (κ1) is 16.4. The Morgan fingerprint density at radius 1 is 1.07 bits per heavy atom. The van der Waals surface area contributed by atoms with E-state index in [-0.39, 0.29) is 6.61 Å². The minimum atomic E-state index is -0.750. The van der Waals surface area contributed by atoms with Crippen molar-refractivity contribution >= 4 is 34.8 Å². The van der Waals surface area contributed by atoms with Crippen molar-refractivity contribution in [3.63, 3.8) is 0 Å². The van der Waals surface area contributed by atoms with E-state index in [0.717, 1.165) is 12.7 Å². The summed E-state index contributed by atoms with van der Waals surface area (Å²) in [4.78, 5) is 0. The van der Waals surface area contributed by atoms with Gasteiger partial charge in [0.05, 0.1) is 6.61 Å². The number of rotatable bonds is 1. The van der Waals surface area contributed by atoms with Crippen LogP contribution in [0.2, 0.25) is 0 Å². The fourth-order valence-electron chi connectivity index (χ4n) is 0.583. The lowest BCUT2D eigenvalue weighted by atomic mass is 10.2. The maximum Gasteiger partial charge on any atom is 0.180 e. The zero-order chi connectivity index (χ0) is 11.4. The highest BCUT2D eigenvalue weighted by molar-refractivity contribution is 6.63. The lowest BCUT2D eigenvalue weighted by molar-refractivity contribution is 0.282. The van der Waals surface area contributed by atoms with Gasteiger partial charge in [-0.1, -0.05) is 65.1 Å². The summed E-state index contributed by atoms with van der Waals surface area (Å²) in [6, 6.07) is 9.52. The smallest absolute Gasteiger partial charge is 0.180 e.